The first-order valence-corrected chi connectivity index (χ1v) is 10.1. The Morgan fingerprint density at radius 2 is 1.93 bits per heavy atom. The minimum atomic E-state index is -0.211. The fraction of sp³-hybridized carbons (Fsp3) is 0.286. The number of benzene rings is 2. The largest absolute Gasteiger partial charge is 0.484 e. The van der Waals surface area contributed by atoms with Crippen molar-refractivity contribution in [2.24, 2.45) is 0 Å². The summed E-state index contributed by atoms with van der Waals surface area (Å²) in [5.74, 6) is 1.61. The highest BCUT2D eigenvalue weighted by molar-refractivity contribution is 9.10. The van der Waals surface area contributed by atoms with Gasteiger partial charge in [0.15, 0.2) is 6.61 Å². The number of halogens is 1. The number of likely N-dealkylation sites (tertiary alicyclic amines) is 1. The van der Waals surface area contributed by atoms with Crippen molar-refractivity contribution in [1.29, 1.82) is 0 Å². The van der Waals surface area contributed by atoms with E-state index in [2.05, 4.69) is 26.1 Å². The maximum atomic E-state index is 12.8. The Balaban J connectivity index is 1.47. The van der Waals surface area contributed by atoms with Gasteiger partial charge >= 0.3 is 0 Å². The zero-order valence-corrected chi connectivity index (χ0v) is 16.8. The van der Waals surface area contributed by atoms with Crippen LogP contribution in [0, 0.1) is 0 Å². The summed E-state index contributed by atoms with van der Waals surface area (Å²) in [4.78, 5) is 19.1. The highest BCUT2D eigenvalue weighted by atomic mass is 79.9. The Morgan fingerprint density at radius 1 is 1.14 bits per heavy atom. The number of aromatic nitrogens is 2. The number of hydrogen-bond donors (Lipinski definition) is 0. The summed E-state index contributed by atoms with van der Waals surface area (Å²) in [5, 5.41) is 4.11. The van der Waals surface area contributed by atoms with Crippen molar-refractivity contribution in [3.05, 3.63) is 65.0 Å². The average Bonchev–Trinajstić information content (AvgIpc) is 3.23. The molecule has 6 nitrogen and oxygen atoms in total. The third-order valence-electron chi connectivity index (χ3n) is 4.76. The van der Waals surface area contributed by atoms with E-state index in [1.165, 1.54) is 0 Å². The predicted octanol–water partition coefficient (Wildman–Crippen LogP) is 4.63. The van der Waals surface area contributed by atoms with Crippen molar-refractivity contribution < 1.29 is 14.1 Å². The molecule has 3 aromatic rings. The second kappa shape index (κ2) is 8.56. The van der Waals surface area contributed by atoms with Crippen LogP contribution < -0.4 is 4.74 Å². The van der Waals surface area contributed by atoms with E-state index >= 15 is 0 Å². The number of amides is 1. The Kier molecular flexibility index (Phi) is 5.71. The normalized spacial score (nSPS) is 16.8. The van der Waals surface area contributed by atoms with Gasteiger partial charge in [0.2, 0.25) is 11.7 Å². The molecule has 0 bridgehead atoms. The molecule has 1 aliphatic heterocycles. The van der Waals surface area contributed by atoms with Gasteiger partial charge in [-0.05, 0) is 55.7 Å². The molecule has 2 aromatic carbocycles. The molecule has 0 N–H and O–H groups in total. The first-order chi connectivity index (χ1) is 13.7. The molecule has 1 fully saturated rings. The van der Waals surface area contributed by atoms with Crippen molar-refractivity contribution in [1.82, 2.24) is 15.0 Å². The lowest BCUT2D eigenvalue weighted by atomic mass is 10.0. The maximum absolute atomic E-state index is 12.8. The molecule has 7 heteroatoms. The summed E-state index contributed by atoms with van der Waals surface area (Å²) in [6.45, 7) is 0.659. The number of ether oxygens (including phenoxy) is 1. The summed E-state index contributed by atoms with van der Waals surface area (Å²) in [6, 6.07) is 16.9. The van der Waals surface area contributed by atoms with Crippen LogP contribution in [0.25, 0.3) is 11.4 Å². The monoisotopic (exact) mass is 441 g/mol. The number of para-hydroxylation sites is 1. The SMILES string of the molecule is O=C(COc1ccccc1)N1CCCCC1c1nc(-c2ccc(Br)cc2)no1. The van der Waals surface area contributed by atoms with Gasteiger partial charge in [0.05, 0.1) is 0 Å². The van der Waals surface area contributed by atoms with Gasteiger partial charge in [-0.1, -0.05) is 39.3 Å². The molecule has 0 radical (unpaired) electrons. The number of nitrogens with zero attached hydrogens (tertiary/aromatic N) is 3. The van der Waals surface area contributed by atoms with Crippen LogP contribution in [0.4, 0.5) is 0 Å². The topological polar surface area (TPSA) is 68.5 Å². The van der Waals surface area contributed by atoms with E-state index in [-0.39, 0.29) is 18.6 Å². The van der Waals surface area contributed by atoms with Crippen molar-refractivity contribution in [3.63, 3.8) is 0 Å². The molecule has 144 valence electrons. The molecule has 1 aromatic heterocycles. The van der Waals surface area contributed by atoms with Crippen molar-refractivity contribution >= 4 is 21.8 Å². The summed E-state index contributed by atoms with van der Waals surface area (Å²) >= 11 is 3.42. The smallest absolute Gasteiger partial charge is 0.261 e. The predicted molar refractivity (Wildman–Crippen MR) is 108 cm³/mol. The molecule has 1 unspecified atom stereocenters. The zero-order valence-electron chi connectivity index (χ0n) is 15.3. The lowest BCUT2D eigenvalue weighted by Gasteiger charge is -2.33. The molecule has 0 aliphatic carbocycles. The van der Waals surface area contributed by atoms with Gasteiger partial charge in [0, 0.05) is 16.6 Å². The highest BCUT2D eigenvalue weighted by Crippen LogP contribution is 2.31. The minimum Gasteiger partial charge on any atom is -0.484 e. The first-order valence-electron chi connectivity index (χ1n) is 9.27. The van der Waals surface area contributed by atoms with Crippen molar-refractivity contribution in [2.75, 3.05) is 13.2 Å². The van der Waals surface area contributed by atoms with E-state index in [9.17, 15) is 4.79 Å². The number of carbonyl (C=O) groups excluding carboxylic acids is 1. The van der Waals surface area contributed by atoms with Gasteiger partial charge in [0.25, 0.3) is 5.91 Å². The molecule has 0 saturated carbocycles. The summed E-state index contributed by atoms with van der Waals surface area (Å²) in [6.07, 6.45) is 2.78. The molecular weight excluding hydrogens is 422 g/mol. The van der Waals surface area contributed by atoms with Gasteiger partial charge in [-0.3, -0.25) is 4.79 Å². The third kappa shape index (κ3) is 4.25. The number of piperidine rings is 1. The molecule has 1 atom stereocenters. The van der Waals surface area contributed by atoms with E-state index in [1.807, 2.05) is 54.6 Å². The highest BCUT2D eigenvalue weighted by Gasteiger charge is 2.32. The van der Waals surface area contributed by atoms with Gasteiger partial charge in [-0.2, -0.15) is 4.98 Å². The van der Waals surface area contributed by atoms with Crippen LogP contribution in [0.15, 0.2) is 63.6 Å². The van der Waals surface area contributed by atoms with E-state index in [1.54, 1.807) is 4.90 Å². The minimum absolute atomic E-state index is 0.00573. The van der Waals surface area contributed by atoms with Crippen LogP contribution >= 0.6 is 15.9 Å². The quantitative estimate of drug-likeness (QED) is 0.576. The number of hydrogen-bond acceptors (Lipinski definition) is 5. The Labute approximate surface area is 171 Å². The van der Waals surface area contributed by atoms with E-state index in [0.717, 1.165) is 29.3 Å². The zero-order chi connectivity index (χ0) is 19.3. The Hall–Kier alpha value is -2.67. The lowest BCUT2D eigenvalue weighted by molar-refractivity contribution is -0.138. The molecule has 1 saturated heterocycles. The molecule has 0 spiro atoms. The van der Waals surface area contributed by atoms with Crippen LogP contribution in [0.3, 0.4) is 0 Å². The van der Waals surface area contributed by atoms with E-state index in [4.69, 9.17) is 9.26 Å². The average molecular weight is 442 g/mol. The number of rotatable bonds is 5. The van der Waals surface area contributed by atoms with Crippen molar-refractivity contribution in [3.8, 4) is 17.1 Å². The van der Waals surface area contributed by atoms with Gasteiger partial charge in [-0.25, -0.2) is 0 Å². The summed E-state index contributed by atoms with van der Waals surface area (Å²) < 4.78 is 12.1. The first kappa shape index (κ1) is 18.7. The summed E-state index contributed by atoms with van der Waals surface area (Å²) in [7, 11) is 0. The van der Waals surface area contributed by atoms with E-state index in [0.29, 0.717) is 24.0 Å². The summed E-state index contributed by atoms with van der Waals surface area (Å²) in [5.41, 5.74) is 0.874. The van der Waals surface area contributed by atoms with Gasteiger partial charge < -0.3 is 14.2 Å². The van der Waals surface area contributed by atoms with Crippen LogP contribution in [0.5, 0.6) is 5.75 Å². The second-order valence-electron chi connectivity index (χ2n) is 6.66. The molecule has 2 heterocycles. The second-order valence-corrected chi connectivity index (χ2v) is 7.58. The Bertz CT molecular complexity index is 928. The van der Waals surface area contributed by atoms with Gasteiger partial charge in [-0.15, -0.1) is 0 Å². The van der Waals surface area contributed by atoms with Crippen LogP contribution in [-0.2, 0) is 4.79 Å². The fourth-order valence-electron chi connectivity index (χ4n) is 3.32. The van der Waals surface area contributed by atoms with Crippen LogP contribution in [-0.4, -0.2) is 34.1 Å². The lowest BCUT2D eigenvalue weighted by Crippen LogP contribution is -2.41. The van der Waals surface area contributed by atoms with E-state index < -0.39 is 0 Å². The molecule has 4 rings (SSSR count). The molecule has 1 aliphatic rings. The molecule has 1 amide bonds. The third-order valence-corrected chi connectivity index (χ3v) is 5.29. The fourth-order valence-corrected chi connectivity index (χ4v) is 3.58. The van der Waals surface area contributed by atoms with Gasteiger partial charge in [0.1, 0.15) is 11.8 Å². The maximum Gasteiger partial charge on any atom is 0.261 e. The Morgan fingerprint density at radius 3 is 2.71 bits per heavy atom. The molecule has 28 heavy (non-hydrogen) atoms. The van der Waals surface area contributed by atoms with Crippen LogP contribution in [0.1, 0.15) is 31.2 Å². The number of carbonyl (C=O) groups is 1. The van der Waals surface area contributed by atoms with Crippen LogP contribution in [0.2, 0.25) is 0 Å². The van der Waals surface area contributed by atoms with Crippen molar-refractivity contribution in [2.45, 2.75) is 25.3 Å². The molecular formula is C21H20BrN3O3. The standard InChI is InChI=1S/C21H20BrN3O3/c22-16-11-9-15(10-12-16)20-23-21(28-24-20)18-8-4-5-13-25(18)19(26)14-27-17-6-2-1-3-7-17/h1-3,6-7,9-12,18H,4-5,8,13-14H2.